The van der Waals surface area contributed by atoms with E-state index in [1.54, 1.807) is 6.07 Å². The maximum absolute atomic E-state index is 12.8. The highest BCUT2D eigenvalue weighted by molar-refractivity contribution is 6.34. The van der Waals surface area contributed by atoms with E-state index in [1.165, 1.54) is 12.1 Å². The summed E-state index contributed by atoms with van der Waals surface area (Å²) >= 11 is 5.87. The number of hydrazine groups is 1. The first-order valence-electron chi connectivity index (χ1n) is 4.54. The zero-order valence-corrected chi connectivity index (χ0v) is 9.35. The molecule has 1 aromatic carbocycles. The maximum Gasteiger partial charge on any atom is 0.144 e. The average molecular weight is 230 g/mol. The van der Waals surface area contributed by atoms with Gasteiger partial charge >= 0.3 is 0 Å². The van der Waals surface area contributed by atoms with Gasteiger partial charge in [-0.1, -0.05) is 11.6 Å². The standard InChI is InChI=1S/C10H13ClFN3/c1-6(2)14-10(15-13)8-4-3-7(12)5-9(8)11/h3-6H,13H2,1-2H3,(H,14,15). The Kier molecular flexibility index (Phi) is 4.05. The second-order valence-corrected chi connectivity index (χ2v) is 3.75. The van der Waals surface area contributed by atoms with Crippen molar-refractivity contribution in [3.05, 3.63) is 34.6 Å². The van der Waals surface area contributed by atoms with Gasteiger partial charge in [-0.2, -0.15) is 0 Å². The number of rotatable bonds is 2. The molecule has 1 aromatic rings. The molecule has 82 valence electrons. The van der Waals surface area contributed by atoms with Gasteiger partial charge in [0.2, 0.25) is 0 Å². The van der Waals surface area contributed by atoms with Crippen molar-refractivity contribution in [1.82, 2.24) is 5.43 Å². The van der Waals surface area contributed by atoms with Gasteiger partial charge < -0.3 is 5.43 Å². The lowest BCUT2D eigenvalue weighted by Crippen LogP contribution is -2.32. The molecule has 0 aliphatic rings. The Balaban J connectivity index is 3.13. The summed E-state index contributed by atoms with van der Waals surface area (Å²) in [6.45, 7) is 3.82. The third-order valence-corrected chi connectivity index (χ3v) is 2.02. The summed E-state index contributed by atoms with van der Waals surface area (Å²) in [5.74, 6) is 5.40. The summed E-state index contributed by atoms with van der Waals surface area (Å²) in [5, 5.41) is 0.285. The van der Waals surface area contributed by atoms with Crippen molar-refractivity contribution < 1.29 is 4.39 Å². The van der Waals surface area contributed by atoms with Crippen molar-refractivity contribution in [3.63, 3.8) is 0 Å². The van der Waals surface area contributed by atoms with Crippen molar-refractivity contribution in [3.8, 4) is 0 Å². The van der Waals surface area contributed by atoms with E-state index in [9.17, 15) is 4.39 Å². The molecule has 0 atom stereocenters. The molecule has 5 heteroatoms. The molecule has 0 heterocycles. The molecule has 0 saturated heterocycles. The minimum Gasteiger partial charge on any atom is -0.308 e. The van der Waals surface area contributed by atoms with E-state index in [-0.39, 0.29) is 16.9 Å². The number of nitrogens with zero attached hydrogens (tertiary/aromatic N) is 1. The Morgan fingerprint density at radius 1 is 1.53 bits per heavy atom. The Bertz CT molecular complexity index is 377. The quantitative estimate of drug-likeness (QED) is 0.353. The highest BCUT2D eigenvalue weighted by Crippen LogP contribution is 2.17. The molecule has 0 aliphatic heterocycles. The van der Waals surface area contributed by atoms with Crippen LogP contribution >= 0.6 is 11.6 Å². The SMILES string of the molecule is CC(C)N=C(NN)c1ccc(F)cc1Cl. The fourth-order valence-electron chi connectivity index (χ4n) is 1.12. The highest BCUT2D eigenvalue weighted by Gasteiger charge is 2.08. The predicted molar refractivity (Wildman–Crippen MR) is 60.4 cm³/mol. The number of nitrogens with one attached hydrogen (secondary N) is 1. The molecule has 15 heavy (non-hydrogen) atoms. The van der Waals surface area contributed by atoms with Crippen molar-refractivity contribution in [2.75, 3.05) is 0 Å². The minimum absolute atomic E-state index is 0.0807. The summed E-state index contributed by atoms with van der Waals surface area (Å²) in [7, 11) is 0. The molecular weight excluding hydrogens is 217 g/mol. The molecule has 3 N–H and O–H groups in total. The van der Waals surface area contributed by atoms with E-state index in [0.717, 1.165) is 0 Å². The third kappa shape index (κ3) is 3.18. The van der Waals surface area contributed by atoms with Crippen LogP contribution < -0.4 is 11.3 Å². The molecule has 0 aliphatic carbocycles. The van der Waals surface area contributed by atoms with Crippen molar-refractivity contribution in [1.29, 1.82) is 0 Å². The number of aliphatic imine (C=N–C) groups is 1. The average Bonchev–Trinajstić information content (AvgIpc) is 2.14. The number of hydrogen-bond donors (Lipinski definition) is 2. The summed E-state index contributed by atoms with van der Waals surface area (Å²) in [4.78, 5) is 4.23. The van der Waals surface area contributed by atoms with Gasteiger partial charge in [-0.15, -0.1) is 0 Å². The van der Waals surface area contributed by atoms with Crippen LogP contribution in [0.3, 0.4) is 0 Å². The van der Waals surface area contributed by atoms with Gasteiger partial charge in [-0.05, 0) is 32.0 Å². The monoisotopic (exact) mass is 229 g/mol. The summed E-state index contributed by atoms with van der Waals surface area (Å²) < 4.78 is 12.8. The zero-order chi connectivity index (χ0) is 11.4. The fraction of sp³-hybridized carbons (Fsp3) is 0.300. The molecule has 1 rings (SSSR count). The van der Waals surface area contributed by atoms with E-state index in [0.29, 0.717) is 11.4 Å². The second-order valence-electron chi connectivity index (χ2n) is 3.34. The normalized spacial score (nSPS) is 12.0. The van der Waals surface area contributed by atoms with Crippen LogP contribution in [0.4, 0.5) is 4.39 Å². The first-order valence-corrected chi connectivity index (χ1v) is 4.92. The van der Waals surface area contributed by atoms with Gasteiger partial charge in [-0.3, -0.25) is 4.99 Å². The number of benzene rings is 1. The van der Waals surface area contributed by atoms with Gasteiger partial charge in [0.1, 0.15) is 11.7 Å². The molecule has 0 saturated carbocycles. The molecule has 0 amide bonds. The Morgan fingerprint density at radius 2 is 2.20 bits per heavy atom. The topological polar surface area (TPSA) is 50.4 Å². The van der Waals surface area contributed by atoms with E-state index < -0.39 is 0 Å². The lowest BCUT2D eigenvalue weighted by atomic mass is 10.2. The molecular formula is C10H13ClFN3. The number of hydrogen-bond acceptors (Lipinski definition) is 2. The molecule has 0 unspecified atom stereocenters. The van der Waals surface area contributed by atoms with Crippen LogP contribution in [-0.4, -0.2) is 11.9 Å². The second kappa shape index (κ2) is 5.09. The van der Waals surface area contributed by atoms with Crippen molar-refractivity contribution in [2.45, 2.75) is 19.9 Å². The van der Waals surface area contributed by atoms with Gasteiger partial charge in [0.05, 0.1) is 5.02 Å². The molecule has 0 radical (unpaired) electrons. The number of amidine groups is 1. The van der Waals surface area contributed by atoms with Crippen LogP contribution in [0.25, 0.3) is 0 Å². The van der Waals surface area contributed by atoms with E-state index in [1.807, 2.05) is 13.8 Å². The molecule has 0 bridgehead atoms. The van der Waals surface area contributed by atoms with E-state index in [2.05, 4.69) is 10.4 Å². The van der Waals surface area contributed by atoms with Gasteiger partial charge in [0.15, 0.2) is 0 Å². The number of nitrogens with two attached hydrogens (primary N) is 1. The van der Waals surface area contributed by atoms with E-state index in [4.69, 9.17) is 17.4 Å². The largest absolute Gasteiger partial charge is 0.308 e. The summed E-state index contributed by atoms with van der Waals surface area (Å²) in [5.41, 5.74) is 3.04. The summed E-state index contributed by atoms with van der Waals surface area (Å²) in [6.07, 6.45) is 0. The van der Waals surface area contributed by atoms with E-state index >= 15 is 0 Å². The zero-order valence-electron chi connectivity index (χ0n) is 8.59. The number of halogens is 2. The van der Waals surface area contributed by atoms with Crippen LogP contribution in [0.2, 0.25) is 5.02 Å². The van der Waals surface area contributed by atoms with Crippen LogP contribution in [0.5, 0.6) is 0 Å². The van der Waals surface area contributed by atoms with Crippen LogP contribution in [-0.2, 0) is 0 Å². The van der Waals surface area contributed by atoms with Crippen molar-refractivity contribution >= 4 is 17.4 Å². The highest BCUT2D eigenvalue weighted by atomic mass is 35.5. The van der Waals surface area contributed by atoms with Gasteiger partial charge in [-0.25, -0.2) is 10.2 Å². The van der Waals surface area contributed by atoms with Gasteiger partial charge in [0.25, 0.3) is 0 Å². The third-order valence-electron chi connectivity index (χ3n) is 1.71. The smallest absolute Gasteiger partial charge is 0.144 e. The van der Waals surface area contributed by atoms with Crippen LogP contribution in [0.15, 0.2) is 23.2 Å². The Morgan fingerprint density at radius 3 is 2.67 bits per heavy atom. The summed E-state index contributed by atoms with van der Waals surface area (Å²) in [6, 6.07) is 4.16. The minimum atomic E-state index is -0.385. The first-order chi connectivity index (χ1) is 7.04. The lowest BCUT2D eigenvalue weighted by Gasteiger charge is -2.09. The first kappa shape index (κ1) is 11.9. The molecule has 3 nitrogen and oxygen atoms in total. The Labute approximate surface area is 93.1 Å². The fourth-order valence-corrected chi connectivity index (χ4v) is 1.38. The van der Waals surface area contributed by atoms with Crippen LogP contribution in [0.1, 0.15) is 19.4 Å². The van der Waals surface area contributed by atoms with Crippen molar-refractivity contribution in [2.24, 2.45) is 10.8 Å². The maximum atomic E-state index is 12.8. The molecule has 0 aromatic heterocycles. The Hall–Kier alpha value is -1.13. The molecule has 0 spiro atoms. The molecule has 0 fully saturated rings. The van der Waals surface area contributed by atoms with Gasteiger partial charge in [0, 0.05) is 11.6 Å². The predicted octanol–water partition coefficient (Wildman–Crippen LogP) is 2.10. The lowest BCUT2D eigenvalue weighted by molar-refractivity contribution is 0.628. The van der Waals surface area contributed by atoms with Crippen LogP contribution in [0, 0.1) is 5.82 Å².